The quantitative estimate of drug-likeness (QED) is 0.927. The largest absolute Gasteiger partial charge is 0.389 e. The second-order valence-electron chi connectivity index (χ2n) is 6.19. The molecule has 1 heterocycles. The molecule has 0 saturated heterocycles. The number of halogens is 3. The van der Waals surface area contributed by atoms with Crippen LogP contribution in [0.5, 0.6) is 0 Å². The average Bonchev–Trinajstić information content (AvgIpc) is 2.32. The molecule has 2 rings (SSSR count). The highest BCUT2D eigenvalue weighted by Crippen LogP contribution is 2.39. The van der Waals surface area contributed by atoms with Crippen LogP contribution in [0.1, 0.15) is 49.8 Å². The van der Waals surface area contributed by atoms with Crippen molar-refractivity contribution in [1.29, 1.82) is 0 Å². The maximum Gasteiger partial charge on any atom is 0.389 e. The van der Waals surface area contributed by atoms with Gasteiger partial charge in [-0.15, -0.1) is 0 Å². The van der Waals surface area contributed by atoms with E-state index in [1.165, 1.54) is 0 Å². The Morgan fingerprint density at radius 3 is 2.70 bits per heavy atom. The lowest BCUT2D eigenvalue weighted by molar-refractivity contribution is -0.134. The molecule has 1 aromatic heterocycles. The van der Waals surface area contributed by atoms with Crippen LogP contribution in [-0.4, -0.2) is 23.2 Å². The molecule has 0 amide bonds. The summed E-state index contributed by atoms with van der Waals surface area (Å²) in [7, 11) is 1.88. The van der Waals surface area contributed by atoms with Crippen molar-refractivity contribution in [2.45, 2.75) is 51.7 Å². The van der Waals surface area contributed by atoms with Gasteiger partial charge in [-0.25, -0.2) is 9.97 Å². The van der Waals surface area contributed by atoms with E-state index in [2.05, 4.69) is 29.1 Å². The van der Waals surface area contributed by atoms with Crippen molar-refractivity contribution >= 4 is 0 Å². The van der Waals surface area contributed by atoms with E-state index in [0.717, 1.165) is 24.1 Å². The molecule has 1 aliphatic carbocycles. The van der Waals surface area contributed by atoms with E-state index in [0.29, 0.717) is 0 Å². The Morgan fingerprint density at radius 1 is 1.40 bits per heavy atom. The van der Waals surface area contributed by atoms with Gasteiger partial charge in [-0.3, -0.25) is 0 Å². The van der Waals surface area contributed by atoms with Crippen LogP contribution in [0, 0.1) is 5.41 Å². The summed E-state index contributed by atoms with van der Waals surface area (Å²) in [5.41, 5.74) is 1.99. The summed E-state index contributed by atoms with van der Waals surface area (Å²) in [6, 6.07) is 0.172. The van der Waals surface area contributed by atoms with Gasteiger partial charge in [-0.05, 0) is 25.3 Å². The summed E-state index contributed by atoms with van der Waals surface area (Å²) >= 11 is 0. The Hall–Kier alpha value is -1.17. The molecule has 0 saturated carbocycles. The molecular weight excluding hydrogens is 267 g/mol. The van der Waals surface area contributed by atoms with Crippen LogP contribution < -0.4 is 5.32 Å². The lowest BCUT2D eigenvalue weighted by Gasteiger charge is -2.36. The first-order valence-corrected chi connectivity index (χ1v) is 6.79. The topological polar surface area (TPSA) is 37.8 Å². The summed E-state index contributed by atoms with van der Waals surface area (Å²) in [5, 5.41) is 3.23. The van der Waals surface area contributed by atoms with E-state index >= 15 is 0 Å². The van der Waals surface area contributed by atoms with Gasteiger partial charge in [-0.1, -0.05) is 13.8 Å². The van der Waals surface area contributed by atoms with Crippen LogP contribution in [0.2, 0.25) is 0 Å². The minimum Gasteiger partial charge on any atom is -0.313 e. The van der Waals surface area contributed by atoms with Crippen molar-refractivity contribution in [3.05, 3.63) is 23.3 Å². The number of aryl methyl sites for hydroxylation is 1. The van der Waals surface area contributed by atoms with Gasteiger partial charge in [0, 0.05) is 29.9 Å². The molecule has 0 aliphatic heterocycles. The van der Waals surface area contributed by atoms with Crippen molar-refractivity contribution in [2.75, 3.05) is 7.05 Å². The first-order chi connectivity index (χ1) is 9.20. The molecular formula is C14H20F3N3. The maximum absolute atomic E-state index is 12.3. The number of hydrogen-bond donors (Lipinski definition) is 1. The van der Waals surface area contributed by atoms with Gasteiger partial charge in [0.05, 0.1) is 6.42 Å². The van der Waals surface area contributed by atoms with Gasteiger partial charge in [-0.2, -0.15) is 13.2 Å². The Bertz CT molecular complexity index is 483. The van der Waals surface area contributed by atoms with E-state index in [4.69, 9.17) is 0 Å². The number of aromatic nitrogens is 2. The maximum atomic E-state index is 12.3. The molecule has 6 heteroatoms. The highest BCUT2D eigenvalue weighted by molar-refractivity contribution is 5.26. The van der Waals surface area contributed by atoms with Crippen molar-refractivity contribution in [2.24, 2.45) is 5.41 Å². The fourth-order valence-corrected chi connectivity index (χ4v) is 2.72. The number of hydrogen-bond acceptors (Lipinski definition) is 3. The van der Waals surface area contributed by atoms with Crippen molar-refractivity contribution in [1.82, 2.24) is 15.3 Å². The molecule has 1 N–H and O–H groups in total. The third-order valence-corrected chi connectivity index (χ3v) is 3.71. The van der Waals surface area contributed by atoms with Crippen LogP contribution in [0.25, 0.3) is 0 Å². The number of alkyl halides is 3. The first kappa shape index (κ1) is 15.2. The van der Waals surface area contributed by atoms with Crippen LogP contribution in [0.4, 0.5) is 13.2 Å². The van der Waals surface area contributed by atoms with E-state index in [1.807, 2.05) is 7.05 Å². The highest BCUT2D eigenvalue weighted by atomic mass is 19.4. The number of fused-ring (bicyclic) bond motifs is 1. The smallest absolute Gasteiger partial charge is 0.313 e. The second-order valence-corrected chi connectivity index (χ2v) is 6.19. The molecule has 1 atom stereocenters. The zero-order valence-corrected chi connectivity index (χ0v) is 12.0. The summed E-state index contributed by atoms with van der Waals surface area (Å²) in [4.78, 5) is 8.45. The minimum absolute atomic E-state index is 0.0936. The SMILES string of the molecule is CNC1CC(C)(C)Cc2nc(CCC(F)(F)F)ncc21. The van der Waals surface area contributed by atoms with Crippen molar-refractivity contribution < 1.29 is 13.2 Å². The third-order valence-electron chi connectivity index (χ3n) is 3.71. The molecule has 0 spiro atoms. The third kappa shape index (κ3) is 3.69. The predicted octanol–water partition coefficient (Wildman–Crippen LogP) is 3.20. The molecule has 0 fully saturated rings. The normalized spacial score (nSPS) is 21.6. The first-order valence-electron chi connectivity index (χ1n) is 6.79. The summed E-state index contributed by atoms with van der Waals surface area (Å²) in [6.45, 7) is 4.30. The molecule has 112 valence electrons. The Morgan fingerprint density at radius 2 is 2.10 bits per heavy atom. The zero-order chi connectivity index (χ0) is 15.0. The minimum atomic E-state index is -4.16. The van der Waals surface area contributed by atoms with E-state index in [-0.39, 0.29) is 23.7 Å². The Labute approximate surface area is 117 Å². The van der Waals surface area contributed by atoms with Gasteiger partial charge in [0.15, 0.2) is 0 Å². The molecule has 20 heavy (non-hydrogen) atoms. The Kier molecular flexibility index (Phi) is 4.04. The Balaban J connectivity index is 2.22. The highest BCUT2D eigenvalue weighted by Gasteiger charge is 2.33. The van der Waals surface area contributed by atoms with Gasteiger partial charge in [0.25, 0.3) is 0 Å². The molecule has 1 aromatic rings. The van der Waals surface area contributed by atoms with E-state index in [1.54, 1.807) is 6.20 Å². The van der Waals surface area contributed by atoms with E-state index in [9.17, 15) is 13.2 Å². The number of nitrogens with zero attached hydrogens (tertiary/aromatic N) is 2. The van der Waals surface area contributed by atoms with Crippen molar-refractivity contribution in [3.8, 4) is 0 Å². The zero-order valence-electron chi connectivity index (χ0n) is 12.0. The van der Waals surface area contributed by atoms with Crippen LogP contribution in [0.3, 0.4) is 0 Å². The predicted molar refractivity (Wildman–Crippen MR) is 70.3 cm³/mol. The molecule has 0 radical (unpaired) electrons. The number of rotatable bonds is 3. The molecule has 0 bridgehead atoms. The monoisotopic (exact) mass is 287 g/mol. The standard InChI is InChI=1S/C14H20F3N3/c1-13(2)6-10(18-3)9-8-19-12(20-11(9)7-13)4-5-14(15,16)17/h8,10,18H,4-7H2,1-3H3. The summed E-state index contributed by atoms with van der Waals surface area (Å²) in [5.74, 6) is 0.286. The summed E-state index contributed by atoms with van der Waals surface area (Å²) in [6.07, 6.45) is -1.74. The van der Waals surface area contributed by atoms with Gasteiger partial charge in [0.1, 0.15) is 5.82 Å². The van der Waals surface area contributed by atoms with Crippen LogP contribution >= 0.6 is 0 Å². The second kappa shape index (κ2) is 5.31. The lowest BCUT2D eigenvalue weighted by Crippen LogP contribution is -2.33. The average molecular weight is 287 g/mol. The molecule has 0 aromatic carbocycles. The van der Waals surface area contributed by atoms with Crippen LogP contribution in [0.15, 0.2) is 6.20 Å². The number of nitrogens with one attached hydrogen (secondary N) is 1. The molecule has 3 nitrogen and oxygen atoms in total. The van der Waals surface area contributed by atoms with E-state index < -0.39 is 12.6 Å². The van der Waals surface area contributed by atoms with Gasteiger partial charge in [0.2, 0.25) is 0 Å². The lowest BCUT2D eigenvalue weighted by atomic mass is 9.74. The molecule has 1 unspecified atom stereocenters. The molecule has 1 aliphatic rings. The fourth-order valence-electron chi connectivity index (χ4n) is 2.72. The van der Waals surface area contributed by atoms with Crippen molar-refractivity contribution in [3.63, 3.8) is 0 Å². The van der Waals surface area contributed by atoms with Crippen LogP contribution in [-0.2, 0) is 12.8 Å². The fraction of sp³-hybridized carbons (Fsp3) is 0.714. The summed E-state index contributed by atoms with van der Waals surface area (Å²) < 4.78 is 36.8. The van der Waals surface area contributed by atoms with Gasteiger partial charge < -0.3 is 5.32 Å². The van der Waals surface area contributed by atoms with Gasteiger partial charge >= 0.3 is 6.18 Å².